The summed E-state index contributed by atoms with van der Waals surface area (Å²) in [4.78, 5) is 20.8. The smallest absolute Gasteiger partial charge is 0.254 e. The molecular weight excluding hydrogens is 366 g/mol. The Labute approximate surface area is 169 Å². The molecular formula is C21H25N7O. The lowest BCUT2D eigenvalue weighted by Crippen LogP contribution is -2.29. The molecule has 0 saturated heterocycles. The summed E-state index contributed by atoms with van der Waals surface area (Å²) < 4.78 is 1.76. The van der Waals surface area contributed by atoms with Gasteiger partial charge in [0.25, 0.3) is 5.91 Å². The van der Waals surface area contributed by atoms with Crippen LogP contribution in [0.3, 0.4) is 0 Å². The number of anilines is 3. The number of carbonyl (C=O) groups excluding carboxylic acids is 1. The van der Waals surface area contributed by atoms with E-state index in [1.54, 1.807) is 10.9 Å². The van der Waals surface area contributed by atoms with Gasteiger partial charge in [-0.2, -0.15) is 10.1 Å². The highest BCUT2D eigenvalue weighted by atomic mass is 16.1. The highest BCUT2D eigenvalue weighted by molar-refractivity contribution is 5.98. The van der Waals surface area contributed by atoms with Gasteiger partial charge >= 0.3 is 0 Å². The quantitative estimate of drug-likeness (QED) is 0.543. The van der Waals surface area contributed by atoms with Crippen molar-refractivity contribution in [3.63, 3.8) is 0 Å². The third-order valence-corrected chi connectivity index (χ3v) is 5.08. The second-order valence-electron chi connectivity index (χ2n) is 7.70. The number of nitrogens with two attached hydrogens (primary N) is 1. The highest BCUT2D eigenvalue weighted by Crippen LogP contribution is 2.37. The second kappa shape index (κ2) is 7.90. The molecule has 0 aliphatic heterocycles. The van der Waals surface area contributed by atoms with Crippen LogP contribution in [-0.2, 0) is 0 Å². The number of benzene rings is 1. The van der Waals surface area contributed by atoms with E-state index in [4.69, 9.17) is 5.73 Å². The average Bonchev–Trinajstić information content (AvgIpc) is 3.38. The van der Waals surface area contributed by atoms with Crippen LogP contribution in [0.1, 0.15) is 37.0 Å². The molecule has 3 aromatic rings. The van der Waals surface area contributed by atoms with Crippen molar-refractivity contribution in [3.8, 4) is 5.69 Å². The lowest BCUT2D eigenvalue weighted by atomic mass is 10.00. The molecule has 1 atom stereocenters. The van der Waals surface area contributed by atoms with Crippen LogP contribution in [-0.4, -0.2) is 31.7 Å². The first-order valence-electron chi connectivity index (χ1n) is 9.82. The molecule has 1 aliphatic rings. The van der Waals surface area contributed by atoms with E-state index in [0.29, 0.717) is 29.6 Å². The van der Waals surface area contributed by atoms with Crippen molar-refractivity contribution in [2.45, 2.75) is 32.7 Å². The van der Waals surface area contributed by atoms with E-state index >= 15 is 0 Å². The van der Waals surface area contributed by atoms with Gasteiger partial charge in [0, 0.05) is 30.3 Å². The van der Waals surface area contributed by atoms with Gasteiger partial charge in [-0.25, -0.2) is 9.67 Å². The zero-order valence-corrected chi connectivity index (χ0v) is 16.5. The van der Waals surface area contributed by atoms with Crippen molar-refractivity contribution in [3.05, 3.63) is 54.5 Å². The Morgan fingerprint density at radius 3 is 2.76 bits per heavy atom. The molecule has 0 radical (unpaired) electrons. The maximum Gasteiger partial charge on any atom is 0.254 e. The van der Waals surface area contributed by atoms with Crippen molar-refractivity contribution in [1.29, 1.82) is 0 Å². The predicted molar refractivity (Wildman–Crippen MR) is 112 cm³/mol. The molecule has 1 unspecified atom stereocenters. The number of nitrogens with zero attached hydrogens (tertiary/aromatic N) is 4. The van der Waals surface area contributed by atoms with Crippen molar-refractivity contribution in [2.75, 3.05) is 10.6 Å². The Morgan fingerprint density at radius 1 is 1.28 bits per heavy atom. The molecule has 1 amide bonds. The molecule has 1 aliphatic carbocycles. The molecule has 1 saturated carbocycles. The first-order chi connectivity index (χ1) is 14.0. The van der Waals surface area contributed by atoms with E-state index in [1.807, 2.05) is 36.5 Å². The molecule has 150 valence electrons. The van der Waals surface area contributed by atoms with Gasteiger partial charge in [0.05, 0.1) is 5.69 Å². The normalized spacial score (nSPS) is 14.6. The van der Waals surface area contributed by atoms with E-state index in [2.05, 4.69) is 39.5 Å². The van der Waals surface area contributed by atoms with Gasteiger partial charge in [0.15, 0.2) is 0 Å². The van der Waals surface area contributed by atoms with Crippen LogP contribution < -0.4 is 16.4 Å². The summed E-state index contributed by atoms with van der Waals surface area (Å²) in [6, 6.07) is 9.85. The van der Waals surface area contributed by atoms with Gasteiger partial charge in [0.2, 0.25) is 5.95 Å². The standard InChI is InChI=1S/C21H25N7O/c1-13(2)18(14-7-8-14)26-21-23-12-17(19(22)29)20(27-21)25-15-5-3-6-16(11-15)28-10-4-9-24-28/h3-6,9-14,18H,7-8H2,1-2H3,(H2,22,29)(H2,23,25,26,27). The fourth-order valence-electron chi connectivity index (χ4n) is 3.44. The zero-order chi connectivity index (χ0) is 20.4. The topological polar surface area (TPSA) is 111 Å². The first kappa shape index (κ1) is 18.9. The molecule has 2 heterocycles. The van der Waals surface area contributed by atoms with E-state index in [1.165, 1.54) is 19.0 Å². The van der Waals surface area contributed by atoms with Gasteiger partial charge in [0.1, 0.15) is 11.4 Å². The number of carbonyl (C=O) groups is 1. The van der Waals surface area contributed by atoms with Gasteiger partial charge in [-0.3, -0.25) is 4.79 Å². The first-order valence-corrected chi connectivity index (χ1v) is 9.82. The lowest BCUT2D eigenvalue weighted by molar-refractivity contribution is 0.100. The Balaban J connectivity index is 1.61. The number of rotatable bonds is 8. The van der Waals surface area contributed by atoms with Crippen LogP contribution in [0.5, 0.6) is 0 Å². The number of nitrogens with one attached hydrogen (secondary N) is 2. The largest absolute Gasteiger partial charge is 0.365 e. The van der Waals surface area contributed by atoms with Crippen molar-refractivity contribution >= 4 is 23.4 Å². The van der Waals surface area contributed by atoms with E-state index < -0.39 is 5.91 Å². The van der Waals surface area contributed by atoms with Gasteiger partial charge in [-0.1, -0.05) is 19.9 Å². The maximum atomic E-state index is 11.9. The Kier molecular flexibility index (Phi) is 5.16. The van der Waals surface area contributed by atoms with Crippen LogP contribution in [0.15, 0.2) is 48.9 Å². The molecule has 8 nitrogen and oxygen atoms in total. The minimum absolute atomic E-state index is 0.243. The monoisotopic (exact) mass is 391 g/mol. The molecule has 0 bridgehead atoms. The third kappa shape index (κ3) is 4.37. The number of amides is 1. The summed E-state index contributed by atoms with van der Waals surface area (Å²) in [5.74, 6) is 1.41. The van der Waals surface area contributed by atoms with Crippen molar-refractivity contribution < 1.29 is 4.79 Å². The van der Waals surface area contributed by atoms with Crippen LogP contribution in [0.25, 0.3) is 5.69 Å². The summed E-state index contributed by atoms with van der Waals surface area (Å²) in [5.41, 5.74) is 7.44. The summed E-state index contributed by atoms with van der Waals surface area (Å²) >= 11 is 0. The van der Waals surface area contributed by atoms with Crippen molar-refractivity contribution in [2.24, 2.45) is 17.6 Å². The fraction of sp³-hybridized carbons (Fsp3) is 0.333. The molecule has 29 heavy (non-hydrogen) atoms. The minimum atomic E-state index is -0.579. The molecule has 8 heteroatoms. The summed E-state index contributed by atoms with van der Waals surface area (Å²) in [6.07, 6.45) is 7.51. The minimum Gasteiger partial charge on any atom is -0.365 e. The van der Waals surface area contributed by atoms with Gasteiger partial charge < -0.3 is 16.4 Å². The Bertz CT molecular complexity index is 994. The molecule has 0 spiro atoms. The lowest BCUT2D eigenvalue weighted by Gasteiger charge is -2.22. The van der Waals surface area contributed by atoms with E-state index in [-0.39, 0.29) is 5.56 Å². The average molecular weight is 391 g/mol. The number of hydrogen-bond donors (Lipinski definition) is 3. The van der Waals surface area contributed by atoms with E-state index in [9.17, 15) is 4.79 Å². The van der Waals surface area contributed by atoms with Crippen molar-refractivity contribution in [1.82, 2.24) is 19.7 Å². The zero-order valence-electron chi connectivity index (χ0n) is 16.5. The third-order valence-electron chi connectivity index (χ3n) is 5.08. The highest BCUT2D eigenvalue weighted by Gasteiger charge is 2.33. The van der Waals surface area contributed by atoms with Crippen LogP contribution >= 0.6 is 0 Å². The summed E-state index contributed by atoms with van der Waals surface area (Å²) in [7, 11) is 0. The molecule has 2 aromatic heterocycles. The Morgan fingerprint density at radius 2 is 2.10 bits per heavy atom. The summed E-state index contributed by atoms with van der Waals surface area (Å²) in [5, 5.41) is 10.9. The van der Waals surface area contributed by atoms with Crippen LogP contribution in [0.2, 0.25) is 0 Å². The second-order valence-corrected chi connectivity index (χ2v) is 7.70. The number of aromatic nitrogens is 4. The van der Waals surface area contributed by atoms with E-state index in [0.717, 1.165) is 11.4 Å². The van der Waals surface area contributed by atoms with Crippen LogP contribution in [0.4, 0.5) is 17.5 Å². The molecule has 1 aromatic carbocycles. The number of primary amides is 1. The Hall–Kier alpha value is -3.42. The number of hydrogen-bond acceptors (Lipinski definition) is 6. The van der Waals surface area contributed by atoms with Gasteiger partial charge in [-0.15, -0.1) is 0 Å². The summed E-state index contributed by atoms with van der Waals surface area (Å²) in [6.45, 7) is 4.38. The fourth-order valence-corrected chi connectivity index (χ4v) is 3.44. The SMILES string of the molecule is CC(C)C(Nc1ncc(C(N)=O)c(Nc2cccc(-n3cccn3)c2)n1)C1CC1. The molecule has 4 N–H and O–H groups in total. The van der Waals surface area contributed by atoms with Crippen LogP contribution in [0, 0.1) is 11.8 Å². The predicted octanol–water partition coefficient (Wildman–Crippen LogP) is 3.35. The molecule has 1 fully saturated rings. The maximum absolute atomic E-state index is 11.9. The molecule has 4 rings (SSSR count). The van der Waals surface area contributed by atoms with Gasteiger partial charge in [-0.05, 0) is 48.9 Å².